The van der Waals surface area contributed by atoms with Crippen LogP contribution in [0.4, 0.5) is 0 Å². The Kier molecular flexibility index (Phi) is 4.88. The van der Waals surface area contributed by atoms with Crippen LogP contribution in [-0.4, -0.2) is 26.3 Å². The van der Waals surface area contributed by atoms with Crippen LogP contribution in [0.5, 0.6) is 0 Å². The Labute approximate surface area is 105 Å². The van der Waals surface area contributed by atoms with Crippen LogP contribution >= 0.6 is 15.9 Å². The van der Waals surface area contributed by atoms with Crippen molar-refractivity contribution in [2.45, 2.75) is 19.3 Å². The first kappa shape index (κ1) is 12.1. The normalized spacial score (nSPS) is 17.8. The SMILES string of the molecule is Brc1ccc(CCNCC2CCOCC2)o1. The predicted octanol–water partition coefficient (Wildman–Crippen LogP) is 2.60. The average molecular weight is 288 g/mol. The van der Waals surface area contributed by atoms with Gasteiger partial charge < -0.3 is 14.5 Å². The lowest BCUT2D eigenvalue weighted by Crippen LogP contribution is -2.28. The molecule has 1 aromatic rings. The van der Waals surface area contributed by atoms with Crippen LogP contribution in [0.25, 0.3) is 0 Å². The van der Waals surface area contributed by atoms with Gasteiger partial charge in [-0.25, -0.2) is 0 Å². The molecule has 0 aromatic carbocycles. The lowest BCUT2D eigenvalue weighted by Gasteiger charge is -2.22. The zero-order valence-electron chi connectivity index (χ0n) is 9.38. The second-order valence-electron chi connectivity index (χ2n) is 4.22. The van der Waals surface area contributed by atoms with Crippen LogP contribution in [0.2, 0.25) is 0 Å². The fourth-order valence-corrected chi connectivity index (χ4v) is 2.29. The molecule has 0 atom stereocenters. The van der Waals surface area contributed by atoms with Gasteiger partial charge in [-0.05, 0) is 53.4 Å². The second kappa shape index (κ2) is 6.42. The van der Waals surface area contributed by atoms with Gasteiger partial charge in [-0.15, -0.1) is 0 Å². The minimum absolute atomic E-state index is 0.789. The standard InChI is InChI=1S/C12H18BrNO2/c13-12-2-1-11(16-12)3-6-14-9-10-4-7-15-8-5-10/h1-2,10,14H,3-9H2. The predicted molar refractivity (Wildman–Crippen MR) is 66.5 cm³/mol. The molecule has 1 aliphatic rings. The Balaban J connectivity index is 1.57. The Morgan fingerprint density at radius 2 is 2.12 bits per heavy atom. The summed E-state index contributed by atoms with van der Waals surface area (Å²) >= 11 is 3.30. The zero-order valence-corrected chi connectivity index (χ0v) is 11.0. The number of hydrogen-bond acceptors (Lipinski definition) is 3. The topological polar surface area (TPSA) is 34.4 Å². The molecule has 1 aliphatic heterocycles. The molecule has 0 radical (unpaired) electrons. The highest BCUT2D eigenvalue weighted by atomic mass is 79.9. The number of rotatable bonds is 5. The highest BCUT2D eigenvalue weighted by molar-refractivity contribution is 9.10. The van der Waals surface area contributed by atoms with E-state index >= 15 is 0 Å². The maximum Gasteiger partial charge on any atom is 0.169 e. The van der Waals surface area contributed by atoms with Crippen molar-refractivity contribution in [1.82, 2.24) is 5.32 Å². The third kappa shape index (κ3) is 3.92. The number of nitrogens with one attached hydrogen (secondary N) is 1. The number of hydrogen-bond donors (Lipinski definition) is 1. The zero-order chi connectivity index (χ0) is 11.2. The molecule has 0 spiro atoms. The van der Waals surface area contributed by atoms with Crippen molar-refractivity contribution in [3.8, 4) is 0 Å². The Bertz CT molecular complexity index is 308. The summed E-state index contributed by atoms with van der Waals surface area (Å²) in [6.45, 7) is 3.94. The molecule has 16 heavy (non-hydrogen) atoms. The van der Waals surface area contributed by atoms with E-state index in [0.29, 0.717) is 0 Å². The number of ether oxygens (including phenoxy) is 1. The molecule has 1 aromatic heterocycles. The average Bonchev–Trinajstić information content (AvgIpc) is 2.72. The maximum atomic E-state index is 5.43. The van der Waals surface area contributed by atoms with E-state index < -0.39 is 0 Å². The molecule has 0 aliphatic carbocycles. The first-order chi connectivity index (χ1) is 7.84. The lowest BCUT2D eigenvalue weighted by molar-refractivity contribution is 0.0664. The number of halogens is 1. The van der Waals surface area contributed by atoms with Gasteiger partial charge in [0, 0.05) is 26.2 Å². The summed E-state index contributed by atoms with van der Waals surface area (Å²) in [7, 11) is 0. The van der Waals surface area contributed by atoms with Crippen LogP contribution in [0.3, 0.4) is 0 Å². The van der Waals surface area contributed by atoms with Crippen molar-refractivity contribution in [3.05, 3.63) is 22.6 Å². The molecule has 2 heterocycles. The molecule has 1 saturated heterocycles. The molecular formula is C12H18BrNO2. The number of furan rings is 1. The van der Waals surface area contributed by atoms with Crippen molar-refractivity contribution in [1.29, 1.82) is 0 Å². The van der Waals surface area contributed by atoms with E-state index in [1.165, 1.54) is 12.8 Å². The minimum Gasteiger partial charge on any atom is -0.454 e. The van der Waals surface area contributed by atoms with Gasteiger partial charge in [0.2, 0.25) is 0 Å². The summed E-state index contributed by atoms with van der Waals surface area (Å²) in [4.78, 5) is 0. The molecule has 90 valence electrons. The van der Waals surface area contributed by atoms with Crippen molar-refractivity contribution in [2.24, 2.45) is 5.92 Å². The summed E-state index contributed by atoms with van der Waals surface area (Å²) < 4.78 is 11.6. The fourth-order valence-electron chi connectivity index (χ4n) is 1.95. The van der Waals surface area contributed by atoms with Crippen LogP contribution in [0.1, 0.15) is 18.6 Å². The second-order valence-corrected chi connectivity index (χ2v) is 5.00. The summed E-state index contributed by atoms with van der Waals surface area (Å²) in [5, 5.41) is 3.48. The molecule has 1 N–H and O–H groups in total. The van der Waals surface area contributed by atoms with Gasteiger partial charge in [-0.2, -0.15) is 0 Å². The fraction of sp³-hybridized carbons (Fsp3) is 0.667. The van der Waals surface area contributed by atoms with E-state index in [1.807, 2.05) is 12.1 Å². The van der Waals surface area contributed by atoms with Crippen molar-refractivity contribution in [3.63, 3.8) is 0 Å². The van der Waals surface area contributed by atoms with Gasteiger partial charge in [0.15, 0.2) is 4.67 Å². The van der Waals surface area contributed by atoms with Gasteiger partial charge in [-0.1, -0.05) is 0 Å². The highest BCUT2D eigenvalue weighted by Gasteiger charge is 2.12. The molecule has 3 nitrogen and oxygen atoms in total. The highest BCUT2D eigenvalue weighted by Crippen LogP contribution is 2.15. The van der Waals surface area contributed by atoms with Crippen molar-refractivity contribution < 1.29 is 9.15 Å². The van der Waals surface area contributed by atoms with Crippen LogP contribution in [-0.2, 0) is 11.2 Å². The van der Waals surface area contributed by atoms with E-state index in [9.17, 15) is 0 Å². The van der Waals surface area contributed by atoms with E-state index in [0.717, 1.165) is 49.1 Å². The molecule has 0 amide bonds. The molecule has 4 heteroatoms. The minimum atomic E-state index is 0.789. The van der Waals surface area contributed by atoms with Crippen molar-refractivity contribution >= 4 is 15.9 Å². The molecule has 0 saturated carbocycles. The van der Waals surface area contributed by atoms with E-state index in [2.05, 4.69) is 21.2 Å². The van der Waals surface area contributed by atoms with Crippen LogP contribution in [0, 0.1) is 5.92 Å². The third-order valence-corrected chi connectivity index (χ3v) is 3.38. The smallest absolute Gasteiger partial charge is 0.169 e. The van der Waals surface area contributed by atoms with Gasteiger partial charge in [0.1, 0.15) is 5.76 Å². The van der Waals surface area contributed by atoms with E-state index in [1.54, 1.807) is 0 Å². The molecule has 1 fully saturated rings. The molecule has 0 unspecified atom stereocenters. The van der Waals surface area contributed by atoms with Crippen LogP contribution in [0.15, 0.2) is 21.2 Å². The monoisotopic (exact) mass is 287 g/mol. The van der Waals surface area contributed by atoms with Gasteiger partial charge in [-0.3, -0.25) is 0 Å². The van der Waals surface area contributed by atoms with Gasteiger partial charge in [0.05, 0.1) is 0 Å². The van der Waals surface area contributed by atoms with Gasteiger partial charge in [0.25, 0.3) is 0 Å². The van der Waals surface area contributed by atoms with Crippen LogP contribution < -0.4 is 5.32 Å². The van der Waals surface area contributed by atoms with Crippen molar-refractivity contribution in [2.75, 3.05) is 26.3 Å². The first-order valence-corrected chi connectivity index (χ1v) is 6.66. The van der Waals surface area contributed by atoms with Gasteiger partial charge >= 0.3 is 0 Å². The molecule has 0 bridgehead atoms. The summed E-state index contributed by atoms with van der Waals surface area (Å²) in [6, 6.07) is 3.95. The first-order valence-electron chi connectivity index (χ1n) is 5.87. The summed E-state index contributed by atoms with van der Waals surface area (Å²) in [6.07, 6.45) is 3.34. The third-order valence-electron chi connectivity index (χ3n) is 2.95. The van der Waals surface area contributed by atoms with E-state index in [4.69, 9.17) is 9.15 Å². The summed E-state index contributed by atoms with van der Waals surface area (Å²) in [5.41, 5.74) is 0. The Morgan fingerprint density at radius 3 is 2.81 bits per heavy atom. The molecule has 2 rings (SSSR count). The summed E-state index contributed by atoms with van der Waals surface area (Å²) in [5.74, 6) is 1.82. The van der Waals surface area contributed by atoms with E-state index in [-0.39, 0.29) is 0 Å². The Hall–Kier alpha value is -0.320. The molecular weight excluding hydrogens is 270 g/mol. The largest absolute Gasteiger partial charge is 0.454 e. The lowest BCUT2D eigenvalue weighted by atomic mass is 10.0. The maximum absolute atomic E-state index is 5.43. The quantitative estimate of drug-likeness (QED) is 0.846. The Morgan fingerprint density at radius 1 is 1.31 bits per heavy atom.